The Morgan fingerprint density at radius 1 is 1.26 bits per heavy atom. The average Bonchev–Trinajstić information content (AvgIpc) is 2.38. The molecule has 2 unspecified atom stereocenters. The molecule has 1 rings (SSSR count). The van der Waals surface area contributed by atoms with E-state index in [0.717, 1.165) is 18.0 Å². The van der Waals surface area contributed by atoms with Gasteiger partial charge < -0.3 is 9.47 Å². The molecular weight excluding hydrogens is 262 g/mol. The molecule has 1 aromatic carbocycles. The Bertz CT molecular complexity index is 394. The van der Waals surface area contributed by atoms with Crippen molar-refractivity contribution < 1.29 is 13.7 Å². The number of likely N-dealkylation sites (N-methyl/N-ethyl adjacent to an activating group) is 1. The molecule has 0 radical (unpaired) electrons. The molecule has 1 aromatic rings. The van der Waals surface area contributed by atoms with Crippen molar-refractivity contribution in [1.82, 2.24) is 4.90 Å². The predicted octanol–water partition coefficient (Wildman–Crippen LogP) is 1.77. The van der Waals surface area contributed by atoms with Crippen LogP contribution < -0.4 is 9.47 Å². The fourth-order valence-corrected chi connectivity index (χ4v) is 2.60. The van der Waals surface area contributed by atoms with Gasteiger partial charge in [-0.1, -0.05) is 0 Å². The van der Waals surface area contributed by atoms with Crippen molar-refractivity contribution in [3.8, 4) is 11.5 Å². The van der Waals surface area contributed by atoms with Gasteiger partial charge in [-0.3, -0.25) is 9.11 Å². The van der Waals surface area contributed by atoms with E-state index in [-0.39, 0.29) is 0 Å². The molecule has 0 heterocycles. The van der Waals surface area contributed by atoms with Crippen molar-refractivity contribution in [2.24, 2.45) is 0 Å². The maximum absolute atomic E-state index is 11.2. The molecule has 19 heavy (non-hydrogen) atoms. The lowest BCUT2D eigenvalue weighted by Crippen LogP contribution is -2.36. The Labute approximate surface area is 118 Å². The van der Waals surface area contributed by atoms with Gasteiger partial charge in [-0.15, -0.1) is 0 Å². The summed E-state index contributed by atoms with van der Waals surface area (Å²) in [6.07, 6.45) is 1.73. The standard InChI is InChI=1S/C14H23NO3S/c1-12(11-19(4)16)15(2)9-10-18-14-7-5-13(17-3)6-8-14/h5-8,12H,9-11H2,1-4H3. The number of rotatable bonds is 8. The fourth-order valence-electron chi connectivity index (χ4n) is 1.67. The molecule has 0 aromatic heterocycles. The normalized spacial score (nSPS) is 14.2. The summed E-state index contributed by atoms with van der Waals surface area (Å²) in [6, 6.07) is 7.83. The minimum absolute atomic E-state index is 0.297. The lowest BCUT2D eigenvalue weighted by Gasteiger charge is -2.23. The number of nitrogens with zero attached hydrogens (tertiary/aromatic N) is 1. The minimum atomic E-state index is -0.758. The van der Waals surface area contributed by atoms with Crippen molar-refractivity contribution in [3.63, 3.8) is 0 Å². The van der Waals surface area contributed by atoms with E-state index in [0.29, 0.717) is 18.4 Å². The Morgan fingerprint density at radius 2 is 1.84 bits per heavy atom. The molecule has 2 atom stereocenters. The summed E-state index contributed by atoms with van der Waals surface area (Å²) < 4.78 is 21.9. The maximum Gasteiger partial charge on any atom is 0.119 e. The van der Waals surface area contributed by atoms with Crippen LogP contribution in [0.3, 0.4) is 0 Å². The Morgan fingerprint density at radius 3 is 2.37 bits per heavy atom. The number of methoxy groups -OCH3 is 1. The van der Waals surface area contributed by atoms with Crippen LogP contribution in [0, 0.1) is 0 Å². The van der Waals surface area contributed by atoms with Gasteiger partial charge in [-0.25, -0.2) is 0 Å². The summed E-state index contributed by atoms with van der Waals surface area (Å²) in [5.74, 6) is 2.35. The van der Waals surface area contributed by atoms with Crippen LogP contribution >= 0.6 is 0 Å². The fraction of sp³-hybridized carbons (Fsp3) is 0.571. The van der Waals surface area contributed by atoms with Gasteiger partial charge in [0.1, 0.15) is 18.1 Å². The molecule has 4 nitrogen and oxygen atoms in total. The molecule has 0 N–H and O–H groups in total. The second-order valence-corrected chi connectivity index (χ2v) is 6.07. The van der Waals surface area contributed by atoms with Gasteiger partial charge in [-0.2, -0.15) is 0 Å². The molecule has 0 saturated heterocycles. The first-order chi connectivity index (χ1) is 9.02. The third kappa shape index (κ3) is 6.07. The second kappa shape index (κ2) is 8.17. The zero-order valence-electron chi connectivity index (χ0n) is 12.1. The van der Waals surface area contributed by atoms with Crippen molar-refractivity contribution >= 4 is 10.8 Å². The van der Waals surface area contributed by atoms with Gasteiger partial charge in [0.2, 0.25) is 0 Å². The monoisotopic (exact) mass is 285 g/mol. The number of benzene rings is 1. The van der Waals surface area contributed by atoms with E-state index >= 15 is 0 Å². The average molecular weight is 285 g/mol. The summed E-state index contributed by atoms with van der Waals surface area (Å²) in [5.41, 5.74) is 0. The van der Waals surface area contributed by atoms with Gasteiger partial charge in [0.25, 0.3) is 0 Å². The summed E-state index contributed by atoms with van der Waals surface area (Å²) in [7, 11) is 2.91. The van der Waals surface area contributed by atoms with Crippen LogP contribution in [0.4, 0.5) is 0 Å². The van der Waals surface area contributed by atoms with Crippen LogP contribution in [0.5, 0.6) is 11.5 Å². The van der Waals surface area contributed by atoms with Gasteiger partial charge >= 0.3 is 0 Å². The number of ether oxygens (including phenoxy) is 2. The topological polar surface area (TPSA) is 38.8 Å². The molecule has 5 heteroatoms. The summed E-state index contributed by atoms with van der Waals surface area (Å²) in [4.78, 5) is 2.16. The van der Waals surface area contributed by atoms with Gasteiger partial charge in [0, 0.05) is 35.4 Å². The zero-order valence-corrected chi connectivity index (χ0v) is 12.9. The molecule has 0 aliphatic carbocycles. The van der Waals surface area contributed by atoms with Gasteiger partial charge in [-0.05, 0) is 38.2 Å². The lowest BCUT2D eigenvalue weighted by molar-refractivity contribution is 0.210. The number of hydrogen-bond acceptors (Lipinski definition) is 4. The first-order valence-corrected chi connectivity index (χ1v) is 8.02. The molecule has 0 aliphatic heterocycles. The third-order valence-corrected chi connectivity index (χ3v) is 3.95. The van der Waals surface area contributed by atoms with Crippen LogP contribution in [0.1, 0.15) is 6.92 Å². The minimum Gasteiger partial charge on any atom is -0.497 e. The van der Waals surface area contributed by atoms with Gasteiger partial charge in [0.05, 0.1) is 7.11 Å². The van der Waals surface area contributed by atoms with Crippen LogP contribution in [0.2, 0.25) is 0 Å². The van der Waals surface area contributed by atoms with E-state index in [4.69, 9.17) is 9.47 Å². The van der Waals surface area contributed by atoms with Crippen LogP contribution in [0.25, 0.3) is 0 Å². The summed E-state index contributed by atoms with van der Waals surface area (Å²) in [6.45, 7) is 3.50. The van der Waals surface area contributed by atoms with Crippen LogP contribution in [0.15, 0.2) is 24.3 Å². The Hall–Kier alpha value is -1.07. The Balaban J connectivity index is 2.30. The largest absolute Gasteiger partial charge is 0.497 e. The van der Waals surface area contributed by atoms with E-state index in [1.165, 1.54) is 0 Å². The summed E-state index contributed by atoms with van der Waals surface area (Å²) >= 11 is 0. The molecule has 0 fully saturated rings. The molecule has 0 spiro atoms. The first kappa shape index (κ1) is 16.0. The molecule has 108 valence electrons. The molecule has 0 bridgehead atoms. The third-order valence-electron chi connectivity index (χ3n) is 3.00. The van der Waals surface area contributed by atoms with Crippen LogP contribution in [-0.4, -0.2) is 54.5 Å². The second-order valence-electron chi connectivity index (χ2n) is 4.59. The Kier molecular flexibility index (Phi) is 6.87. The number of hydrogen-bond donors (Lipinski definition) is 0. The molecule has 0 saturated carbocycles. The van der Waals surface area contributed by atoms with Gasteiger partial charge in [0.15, 0.2) is 0 Å². The van der Waals surface area contributed by atoms with Crippen LogP contribution in [-0.2, 0) is 10.8 Å². The van der Waals surface area contributed by atoms with E-state index in [2.05, 4.69) is 11.8 Å². The zero-order chi connectivity index (χ0) is 14.3. The highest BCUT2D eigenvalue weighted by molar-refractivity contribution is 7.84. The van der Waals surface area contributed by atoms with Crippen molar-refractivity contribution in [2.75, 3.05) is 39.3 Å². The molecular formula is C14H23NO3S. The molecule has 0 amide bonds. The first-order valence-electron chi connectivity index (χ1n) is 6.30. The SMILES string of the molecule is COc1ccc(OCCN(C)C(C)CS(C)=O)cc1. The highest BCUT2D eigenvalue weighted by atomic mass is 32.2. The highest BCUT2D eigenvalue weighted by Crippen LogP contribution is 2.16. The quantitative estimate of drug-likeness (QED) is 0.730. The van der Waals surface area contributed by atoms with E-state index in [1.807, 2.05) is 31.3 Å². The van der Waals surface area contributed by atoms with E-state index < -0.39 is 10.8 Å². The maximum atomic E-state index is 11.2. The highest BCUT2D eigenvalue weighted by Gasteiger charge is 2.10. The van der Waals surface area contributed by atoms with E-state index in [1.54, 1.807) is 13.4 Å². The van der Waals surface area contributed by atoms with Crippen molar-refractivity contribution in [1.29, 1.82) is 0 Å². The predicted molar refractivity (Wildman–Crippen MR) is 79.5 cm³/mol. The smallest absolute Gasteiger partial charge is 0.119 e. The molecule has 0 aliphatic rings. The van der Waals surface area contributed by atoms with Crippen molar-refractivity contribution in [3.05, 3.63) is 24.3 Å². The summed E-state index contributed by atoms with van der Waals surface area (Å²) in [5, 5.41) is 0. The lowest BCUT2D eigenvalue weighted by atomic mass is 10.3. The van der Waals surface area contributed by atoms with E-state index in [9.17, 15) is 4.21 Å². The van der Waals surface area contributed by atoms with Crippen molar-refractivity contribution in [2.45, 2.75) is 13.0 Å².